The number of amides is 2. The van der Waals surface area contributed by atoms with Crippen molar-refractivity contribution in [3.63, 3.8) is 0 Å². The first-order valence-electron chi connectivity index (χ1n) is 6.87. The van der Waals surface area contributed by atoms with E-state index in [0.29, 0.717) is 16.6 Å². The summed E-state index contributed by atoms with van der Waals surface area (Å²) in [7, 11) is 1.65. The van der Waals surface area contributed by atoms with Gasteiger partial charge in [-0.1, -0.05) is 0 Å². The number of fused-ring (bicyclic) bond motifs is 1. The van der Waals surface area contributed by atoms with Crippen molar-refractivity contribution in [2.75, 3.05) is 19.3 Å². The van der Waals surface area contributed by atoms with Gasteiger partial charge < -0.3 is 16.0 Å². The molecule has 6 heteroatoms. The number of thiophene rings is 1. The second kappa shape index (κ2) is 5.37. The van der Waals surface area contributed by atoms with E-state index in [1.807, 2.05) is 24.3 Å². The van der Waals surface area contributed by atoms with Crippen molar-refractivity contribution in [1.29, 1.82) is 0 Å². The molecule has 1 saturated carbocycles. The molecule has 5 nitrogen and oxygen atoms in total. The lowest BCUT2D eigenvalue weighted by atomic mass is 10.2. The summed E-state index contributed by atoms with van der Waals surface area (Å²) in [5.41, 5.74) is 6.42. The number of benzene rings is 1. The van der Waals surface area contributed by atoms with Crippen LogP contribution in [0.1, 0.15) is 22.5 Å². The Bertz CT molecular complexity index is 706. The molecule has 3 rings (SSSR count). The molecule has 1 aromatic carbocycles. The van der Waals surface area contributed by atoms with Crippen LogP contribution in [-0.4, -0.2) is 36.3 Å². The molecule has 1 fully saturated rings. The fourth-order valence-corrected chi connectivity index (χ4v) is 3.18. The number of carbonyl (C=O) groups excluding carboxylic acids is 2. The molecule has 2 aromatic rings. The van der Waals surface area contributed by atoms with Crippen molar-refractivity contribution in [3.05, 3.63) is 29.1 Å². The molecule has 2 amide bonds. The number of likely N-dealkylation sites (N-methyl/N-ethyl adjacent to an activating group) is 1. The van der Waals surface area contributed by atoms with E-state index in [1.165, 1.54) is 16.2 Å². The molecule has 1 aromatic heterocycles. The summed E-state index contributed by atoms with van der Waals surface area (Å²) in [6.07, 6.45) is 2.09. The number of hydrogen-bond acceptors (Lipinski definition) is 4. The molecular weight excluding hydrogens is 286 g/mol. The van der Waals surface area contributed by atoms with E-state index in [9.17, 15) is 9.59 Å². The van der Waals surface area contributed by atoms with Crippen LogP contribution >= 0.6 is 11.3 Å². The normalized spacial score (nSPS) is 14.1. The van der Waals surface area contributed by atoms with Crippen LogP contribution in [0.15, 0.2) is 24.3 Å². The minimum atomic E-state index is -0.138. The monoisotopic (exact) mass is 303 g/mol. The highest BCUT2D eigenvalue weighted by Crippen LogP contribution is 2.28. The quantitative estimate of drug-likeness (QED) is 0.846. The number of nitrogens with one attached hydrogen (secondary N) is 1. The van der Waals surface area contributed by atoms with Crippen molar-refractivity contribution in [1.82, 2.24) is 10.2 Å². The van der Waals surface area contributed by atoms with E-state index in [1.54, 1.807) is 7.05 Å². The molecule has 1 aliphatic carbocycles. The maximum absolute atomic E-state index is 12.4. The van der Waals surface area contributed by atoms with E-state index in [4.69, 9.17) is 5.73 Å². The number of anilines is 1. The third-order valence-electron chi connectivity index (χ3n) is 3.42. The third-order valence-corrected chi connectivity index (χ3v) is 4.53. The molecule has 0 atom stereocenters. The SMILES string of the molecule is CN(CC(=O)NC1CC1)C(=O)c1cc2cc(N)ccc2s1. The van der Waals surface area contributed by atoms with Gasteiger partial charge >= 0.3 is 0 Å². The molecule has 0 bridgehead atoms. The Morgan fingerprint density at radius 3 is 2.86 bits per heavy atom. The Morgan fingerprint density at radius 1 is 1.38 bits per heavy atom. The maximum Gasteiger partial charge on any atom is 0.264 e. The van der Waals surface area contributed by atoms with E-state index >= 15 is 0 Å². The standard InChI is InChI=1S/C15H17N3O2S/c1-18(8-14(19)17-11-3-4-11)15(20)13-7-9-6-10(16)2-5-12(9)21-13/h2,5-7,11H,3-4,8,16H2,1H3,(H,17,19). The van der Waals surface area contributed by atoms with Crippen LogP contribution in [0.25, 0.3) is 10.1 Å². The predicted molar refractivity (Wildman–Crippen MR) is 84.4 cm³/mol. The molecule has 3 N–H and O–H groups in total. The zero-order chi connectivity index (χ0) is 15.0. The molecule has 110 valence electrons. The van der Waals surface area contributed by atoms with Crippen LogP contribution in [0, 0.1) is 0 Å². The molecule has 0 radical (unpaired) electrons. The molecule has 0 saturated heterocycles. The van der Waals surface area contributed by atoms with Crippen molar-refractivity contribution >= 4 is 38.9 Å². The number of hydrogen-bond donors (Lipinski definition) is 2. The van der Waals surface area contributed by atoms with Gasteiger partial charge in [0.05, 0.1) is 11.4 Å². The van der Waals surface area contributed by atoms with E-state index in [2.05, 4.69) is 5.32 Å². The zero-order valence-corrected chi connectivity index (χ0v) is 12.6. The largest absolute Gasteiger partial charge is 0.399 e. The molecule has 21 heavy (non-hydrogen) atoms. The summed E-state index contributed by atoms with van der Waals surface area (Å²) in [6.45, 7) is 0.0890. The first-order chi connectivity index (χ1) is 10.0. The maximum atomic E-state index is 12.4. The van der Waals surface area contributed by atoms with Gasteiger partial charge in [0.15, 0.2) is 0 Å². The van der Waals surface area contributed by atoms with Crippen LogP contribution in [0.4, 0.5) is 5.69 Å². The fraction of sp³-hybridized carbons (Fsp3) is 0.333. The minimum Gasteiger partial charge on any atom is -0.399 e. The highest BCUT2D eigenvalue weighted by molar-refractivity contribution is 7.20. The van der Waals surface area contributed by atoms with E-state index in [-0.39, 0.29) is 18.4 Å². The summed E-state index contributed by atoms with van der Waals surface area (Å²) < 4.78 is 1.02. The summed E-state index contributed by atoms with van der Waals surface area (Å²) in [4.78, 5) is 26.2. The van der Waals surface area contributed by atoms with E-state index in [0.717, 1.165) is 22.9 Å². The molecule has 0 unspecified atom stereocenters. The van der Waals surface area contributed by atoms with Crippen LogP contribution in [0.5, 0.6) is 0 Å². The predicted octanol–water partition coefficient (Wildman–Crippen LogP) is 1.83. The first-order valence-corrected chi connectivity index (χ1v) is 7.68. The van der Waals surface area contributed by atoms with Gasteiger partial charge in [0.2, 0.25) is 5.91 Å². The lowest BCUT2D eigenvalue weighted by molar-refractivity contribution is -0.121. The lowest BCUT2D eigenvalue weighted by Crippen LogP contribution is -2.38. The molecule has 1 heterocycles. The minimum absolute atomic E-state index is 0.0890. The van der Waals surface area contributed by atoms with E-state index < -0.39 is 0 Å². The van der Waals surface area contributed by atoms with Gasteiger partial charge in [0.1, 0.15) is 0 Å². The number of rotatable bonds is 4. The Balaban J connectivity index is 1.71. The number of nitrogen functional groups attached to an aromatic ring is 1. The van der Waals surface area contributed by atoms with Gasteiger partial charge in [-0.15, -0.1) is 11.3 Å². The Hall–Kier alpha value is -2.08. The van der Waals surface area contributed by atoms with Crippen LogP contribution in [0.2, 0.25) is 0 Å². The zero-order valence-electron chi connectivity index (χ0n) is 11.8. The van der Waals surface area contributed by atoms with Gasteiger partial charge in [-0.05, 0) is 42.5 Å². The molecule has 1 aliphatic rings. The van der Waals surface area contributed by atoms with Gasteiger partial charge in [-0.2, -0.15) is 0 Å². The van der Waals surface area contributed by atoms with Gasteiger partial charge in [0.25, 0.3) is 5.91 Å². The Morgan fingerprint density at radius 2 is 2.14 bits per heavy atom. The second-order valence-electron chi connectivity index (χ2n) is 5.41. The van der Waals surface area contributed by atoms with Crippen molar-refractivity contribution in [3.8, 4) is 0 Å². The lowest BCUT2D eigenvalue weighted by Gasteiger charge is -2.15. The number of nitrogens with two attached hydrogens (primary N) is 1. The Labute approximate surface area is 126 Å². The molecule has 0 aliphatic heterocycles. The summed E-state index contributed by atoms with van der Waals surface area (Å²) in [5, 5.41) is 3.84. The number of carbonyl (C=O) groups is 2. The topological polar surface area (TPSA) is 75.4 Å². The van der Waals surface area contributed by atoms with Crippen LogP contribution < -0.4 is 11.1 Å². The summed E-state index contributed by atoms with van der Waals surface area (Å²) in [5.74, 6) is -0.237. The second-order valence-corrected chi connectivity index (χ2v) is 6.49. The fourth-order valence-electron chi connectivity index (χ4n) is 2.14. The van der Waals surface area contributed by atoms with Gasteiger partial charge in [-0.25, -0.2) is 0 Å². The first kappa shape index (κ1) is 13.9. The van der Waals surface area contributed by atoms with Crippen LogP contribution in [0.3, 0.4) is 0 Å². The summed E-state index contributed by atoms with van der Waals surface area (Å²) >= 11 is 1.42. The smallest absolute Gasteiger partial charge is 0.264 e. The van der Waals surface area contributed by atoms with Crippen molar-refractivity contribution < 1.29 is 9.59 Å². The van der Waals surface area contributed by atoms with Crippen LogP contribution in [-0.2, 0) is 4.79 Å². The molecule has 0 spiro atoms. The highest BCUT2D eigenvalue weighted by atomic mass is 32.1. The average molecular weight is 303 g/mol. The number of nitrogens with zero attached hydrogens (tertiary/aromatic N) is 1. The molecular formula is C15H17N3O2S. The van der Waals surface area contributed by atoms with Gasteiger partial charge in [-0.3, -0.25) is 9.59 Å². The Kier molecular flexibility index (Phi) is 3.55. The average Bonchev–Trinajstić information content (AvgIpc) is 3.14. The highest BCUT2D eigenvalue weighted by Gasteiger charge is 2.24. The van der Waals surface area contributed by atoms with Crippen molar-refractivity contribution in [2.24, 2.45) is 0 Å². The van der Waals surface area contributed by atoms with Crippen molar-refractivity contribution in [2.45, 2.75) is 18.9 Å². The third kappa shape index (κ3) is 3.16. The van der Waals surface area contributed by atoms with Gasteiger partial charge in [0, 0.05) is 23.5 Å². The summed E-state index contributed by atoms with van der Waals surface area (Å²) in [6, 6.07) is 7.72.